The Hall–Kier alpha value is -1.11. The van der Waals surface area contributed by atoms with Gasteiger partial charge in [-0.15, -0.1) is 0 Å². The average molecular weight is 373 g/mol. The molecule has 0 saturated carbocycles. The SMILES string of the molecule is Cc1ccc(Cl)cc1NC(=O)CCCCS(=O)(=O)N1CCCCC1. The zero-order valence-corrected chi connectivity index (χ0v) is 15.6. The van der Waals surface area contributed by atoms with Crippen LogP contribution in [0.4, 0.5) is 5.69 Å². The Bertz CT molecular complexity index is 670. The first-order valence-electron chi connectivity index (χ1n) is 8.42. The van der Waals surface area contributed by atoms with Crippen molar-refractivity contribution in [3.63, 3.8) is 0 Å². The van der Waals surface area contributed by atoms with Gasteiger partial charge in [0.25, 0.3) is 0 Å². The molecule has 0 bridgehead atoms. The smallest absolute Gasteiger partial charge is 0.224 e. The van der Waals surface area contributed by atoms with Crippen LogP contribution in [0.1, 0.15) is 44.1 Å². The van der Waals surface area contributed by atoms with Crippen LogP contribution in [0, 0.1) is 6.92 Å². The highest BCUT2D eigenvalue weighted by Crippen LogP contribution is 2.20. The van der Waals surface area contributed by atoms with Gasteiger partial charge in [0.05, 0.1) is 5.75 Å². The van der Waals surface area contributed by atoms with Crippen molar-refractivity contribution in [3.05, 3.63) is 28.8 Å². The summed E-state index contributed by atoms with van der Waals surface area (Å²) >= 11 is 5.93. The van der Waals surface area contributed by atoms with Crippen LogP contribution < -0.4 is 5.32 Å². The summed E-state index contributed by atoms with van der Waals surface area (Å²) in [5.74, 6) is 0.00644. The summed E-state index contributed by atoms with van der Waals surface area (Å²) < 4.78 is 26.0. The molecule has 1 amide bonds. The van der Waals surface area contributed by atoms with Crippen molar-refractivity contribution in [2.24, 2.45) is 0 Å². The highest BCUT2D eigenvalue weighted by atomic mass is 35.5. The number of unbranched alkanes of at least 4 members (excludes halogenated alkanes) is 1. The molecule has 1 N–H and O–H groups in total. The molecule has 1 heterocycles. The molecule has 5 nitrogen and oxygen atoms in total. The number of rotatable bonds is 7. The van der Waals surface area contributed by atoms with Crippen molar-refractivity contribution in [2.45, 2.75) is 45.4 Å². The van der Waals surface area contributed by atoms with Gasteiger partial charge in [-0.3, -0.25) is 4.79 Å². The van der Waals surface area contributed by atoms with E-state index < -0.39 is 10.0 Å². The molecule has 1 aliphatic heterocycles. The third kappa shape index (κ3) is 5.76. The maximum Gasteiger partial charge on any atom is 0.224 e. The van der Waals surface area contributed by atoms with E-state index in [0.717, 1.165) is 24.8 Å². The molecule has 24 heavy (non-hydrogen) atoms. The number of hydrogen-bond acceptors (Lipinski definition) is 3. The van der Waals surface area contributed by atoms with Crippen LogP contribution >= 0.6 is 11.6 Å². The second-order valence-electron chi connectivity index (χ2n) is 6.24. The van der Waals surface area contributed by atoms with Gasteiger partial charge in [-0.05, 0) is 50.3 Å². The Morgan fingerprint density at radius 3 is 2.62 bits per heavy atom. The Morgan fingerprint density at radius 2 is 1.92 bits per heavy atom. The predicted octanol–water partition coefficient (Wildman–Crippen LogP) is 3.57. The van der Waals surface area contributed by atoms with Crippen LogP contribution in [0.5, 0.6) is 0 Å². The van der Waals surface area contributed by atoms with E-state index in [9.17, 15) is 13.2 Å². The molecular formula is C17H25ClN2O3S. The molecule has 134 valence electrons. The number of sulfonamides is 1. The molecule has 0 spiro atoms. The lowest BCUT2D eigenvalue weighted by Gasteiger charge is -2.25. The summed E-state index contributed by atoms with van der Waals surface area (Å²) in [6.07, 6.45) is 4.36. The number of carbonyl (C=O) groups is 1. The standard InChI is InChI=1S/C17H25ClN2O3S/c1-14-8-9-15(18)13-16(14)19-17(21)7-3-6-12-24(22,23)20-10-4-2-5-11-20/h8-9,13H,2-7,10-12H2,1H3,(H,19,21). The molecule has 0 unspecified atom stereocenters. The maximum absolute atomic E-state index is 12.2. The minimum atomic E-state index is -3.17. The fourth-order valence-electron chi connectivity index (χ4n) is 2.78. The van der Waals surface area contributed by atoms with Crippen molar-refractivity contribution in [1.29, 1.82) is 0 Å². The van der Waals surface area contributed by atoms with Crippen molar-refractivity contribution in [1.82, 2.24) is 4.31 Å². The lowest BCUT2D eigenvalue weighted by atomic mass is 10.2. The van der Waals surface area contributed by atoms with E-state index in [4.69, 9.17) is 11.6 Å². The third-order valence-corrected chi connectivity index (χ3v) is 6.43. The number of hydrogen-bond donors (Lipinski definition) is 1. The number of nitrogens with zero attached hydrogens (tertiary/aromatic N) is 1. The normalized spacial score (nSPS) is 16.1. The summed E-state index contributed by atoms with van der Waals surface area (Å²) in [6.45, 7) is 3.17. The Kier molecular flexibility index (Phi) is 7.07. The second kappa shape index (κ2) is 8.83. The van der Waals surface area contributed by atoms with Gasteiger partial charge in [-0.1, -0.05) is 24.1 Å². The topological polar surface area (TPSA) is 66.5 Å². The maximum atomic E-state index is 12.2. The number of carbonyl (C=O) groups excluding carboxylic acids is 1. The van der Waals surface area contributed by atoms with E-state index in [0.29, 0.717) is 43.1 Å². The van der Waals surface area contributed by atoms with Gasteiger partial charge in [0.15, 0.2) is 0 Å². The number of benzene rings is 1. The van der Waals surface area contributed by atoms with Crippen molar-refractivity contribution >= 4 is 33.2 Å². The van der Waals surface area contributed by atoms with Crippen LogP contribution in [0.25, 0.3) is 0 Å². The number of nitrogens with one attached hydrogen (secondary N) is 1. The van der Waals surface area contributed by atoms with Gasteiger partial charge in [0.1, 0.15) is 0 Å². The molecule has 7 heteroatoms. The van der Waals surface area contributed by atoms with E-state index in [-0.39, 0.29) is 11.7 Å². The quantitative estimate of drug-likeness (QED) is 0.744. The molecule has 0 radical (unpaired) electrons. The van der Waals surface area contributed by atoms with E-state index in [1.54, 1.807) is 16.4 Å². The largest absolute Gasteiger partial charge is 0.326 e. The highest BCUT2D eigenvalue weighted by molar-refractivity contribution is 7.89. The highest BCUT2D eigenvalue weighted by Gasteiger charge is 2.23. The van der Waals surface area contributed by atoms with E-state index >= 15 is 0 Å². The van der Waals surface area contributed by atoms with Gasteiger partial charge in [0, 0.05) is 30.2 Å². The van der Waals surface area contributed by atoms with Gasteiger partial charge in [-0.25, -0.2) is 12.7 Å². The lowest BCUT2D eigenvalue weighted by Crippen LogP contribution is -2.37. The summed E-state index contributed by atoms with van der Waals surface area (Å²) in [5, 5.41) is 3.40. The fourth-order valence-corrected chi connectivity index (χ4v) is 4.60. The molecule has 1 fully saturated rings. The predicted molar refractivity (Wildman–Crippen MR) is 97.9 cm³/mol. The van der Waals surface area contributed by atoms with Gasteiger partial charge >= 0.3 is 0 Å². The average Bonchev–Trinajstić information content (AvgIpc) is 2.56. The van der Waals surface area contributed by atoms with Crippen molar-refractivity contribution in [3.8, 4) is 0 Å². The summed E-state index contributed by atoms with van der Waals surface area (Å²) in [7, 11) is -3.17. The number of piperidine rings is 1. The van der Waals surface area contributed by atoms with E-state index in [1.165, 1.54) is 0 Å². The molecule has 0 atom stereocenters. The minimum absolute atomic E-state index is 0.115. The zero-order valence-electron chi connectivity index (χ0n) is 14.1. The van der Waals surface area contributed by atoms with Gasteiger partial charge < -0.3 is 5.32 Å². The first-order chi connectivity index (χ1) is 11.4. The van der Waals surface area contributed by atoms with Gasteiger partial charge in [-0.2, -0.15) is 0 Å². The number of anilines is 1. The molecule has 1 aromatic rings. The number of amides is 1. The summed E-state index contributed by atoms with van der Waals surface area (Å²) in [5.41, 5.74) is 1.65. The Balaban J connectivity index is 1.73. The van der Waals surface area contributed by atoms with Crippen LogP contribution in [0.3, 0.4) is 0 Å². The van der Waals surface area contributed by atoms with Crippen LogP contribution in [-0.4, -0.2) is 37.5 Å². The van der Waals surface area contributed by atoms with Crippen LogP contribution in [-0.2, 0) is 14.8 Å². The minimum Gasteiger partial charge on any atom is -0.326 e. The lowest BCUT2D eigenvalue weighted by molar-refractivity contribution is -0.116. The van der Waals surface area contributed by atoms with E-state index in [1.807, 2.05) is 13.0 Å². The Morgan fingerprint density at radius 1 is 1.21 bits per heavy atom. The van der Waals surface area contributed by atoms with Crippen LogP contribution in [0.2, 0.25) is 5.02 Å². The molecule has 2 rings (SSSR count). The Labute approximate surface area is 149 Å². The molecule has 0 aliphatic carbocycles. The summed E-state index contributed by atoms with van der Waals surface area (Å²) in [6, 6.07) is 5.34. The van der Waals surface area contributed by atoms with Crippen molar-refractivity contribution < 1.29 is 13.2 Å². The second-order valence-corrected chi connectivity index (χ2v) is 8.77. The molecule has 1 aliphatic rings. The first-order valence-corrected chi connectivity index (χ1v) is 10.4. The molecular weight excluding hydrogens is 348 g/mol. The van der Waals surface area contributed by atoms with Gasteiger partial charge in [0.2, 0.25) is 15.9 Å². The molecule has 1 aromatic carbocycles. The fraction of sp³-hybridized carbons (Fsp3) is 0.588. The monoisotopic (exact) mass is 372 g/mol. The molecule has 1 saturated heterocycles. The number of halogens is 1. The van der Waals surface area contributed by atoms with Crippen molar-refractivity contribution in [2.75, 3.05) is 24.2 Å². The summed E-state index contributed by atoms with van der Waals surface area (Å²) in [4.78, 5) is 12.0. The zero-order chi connectivity index (χ0) is 17.6. The van der Waals surface area contributed by atoms with Crippen LogP contribution in [0.15, 0.2) is 18.2 Å². The first kappa shape index (κ1) is 19.2. The molecule has 0 aromatic heterocycles. The third-order valence-electron chi connectivity index (χ3n) is 4.24. The van der Waals surface area contributed by atoms with E-state index in [2.05, 4.69) is 5.32 Å². The number of aryl methyl sites for hydroxylation is 1.